The van der Waals surface area contributed by atoms with Crippen LogP contribution in [0.1, 0.15) is 16.8 Å². The number of ketones is 1. The molecule has 0 spiro atoms. The summed E-state index contributed by atoms with van der Waals surface area (Å²) in [5.74, 6) is -5.95. The van der Waals surface area contributed by atoms with Gasteiger partial charge < -0.3 is 5.11 Å². The van der Waals surface area contributed by atoms with E-state index in [2.05, 4.69) is 0 Å². The second-order valence-electron chi connectivity index (χ2n) is 3.01. The van der Waals surface area contributed by atoms with Crippen LogP contribution >= 0.6 is 0 Å². The Morgan fingerprint density at radius 2 is 1.94 bits per heavy atom. The van der Waals surface area contributed by atoms with Gasteiger partial charge in [-0.25, -0.2) is 4.39 Å². The van der Waals surface area contributed by atoms with Crippen molar-refractivity contribution in [1.29, 1.82) is 0 Å². The smallest absolute Gasteiger partial charge is 0.311 e. The van der Waals surface area contributed by atoms with Crippen LogP contribution in [0.3, 0.4) is 0 Å². The van der Waals surface area contributed by atoms with E-state index in [-0.39, 0.29) is 0 Å². The van der Waals surface area contributed by atoms with E-state index in [1.807, 2.05) is 0 Å². The number of nitro benzene ring substituents is 1. The first-order valence-corrected chi connectivity index (χ1v) is 4.22. The minimum Gasteiger partial charge on any atom is -0.481 e. The number of nitrogens with zero attached hydrogens (tertiary/aromatic N) is 1. The van der Waals surface area contributed by atoms with Crippen LogP contribution in [-0.2, 0) is 4.79 Å². The minimum absolute atomic E-state index is 0.538. The molecule has 1 aromatic rings. The molecule has 0 saturated carbocycles. The van der Waals surface area contributed by atoms with Crippen molar-refractivity contribution >= 4 is 17.4 Å². The van der Waals surface area contributed by atoms with Crippen LogP contribution in [-0.4, -0.2) is 21.8 Å². The van der Waals surface area contributed by atoms with E-state index >= 15 is 0 Å². The Hall–Kier alpha value is -2.38. The molecule has 0 aromatic heterocycles. The maximum atomic E-state index is 13.4. The summed E-state index contributed by atoms with van der Waals surface area (Å²) in [6, 6.07) is 1.10. The normalized spacial score (nSPS) is 10.0. The number of nitro groups is 1. The molecule has 90 valence electrons. The zero-order chi connectivity index (χ0) is 13.2. The highest BCUT2D eigenvalue weighted by atomic mass is 19.1. The SMILES string of the molecule is O=C(O)CC(=O)c1c(F)ccc([N+](=O)[O-])c1F. The summed E-state index contributed by atoms with van der Waals surface area (Å²) >= 11 is 0. The van der Waals surface area contributed by atoms with E-state index < -0.39 is 46.0 Å². The van der Waals surface area contributed by atoms with Gasteiger partial charge in [-0.15, -0.1) is 0 Å². The summed E-state index contributed by atoms with van der Waals surface area (Å²) in [5, 5.41) is 18.7. The number of carboxylic acid groups (broad SMARTS) is 1. The van der Waals surface area contributed by atoms with E-state index in [0.29, 0.717) is 12.1 Å². The van der Waals surface area contributed by atoms with Gasteiger partial charge in [-0.2, -0.15) is 4.39 Å². The third kappa shape index (κ3) is 2.60. The fourth-order valence-corrected chi connectivity index (χ4v) is 1.16. The van der Waals surface area contributed by atoms with Crippen LogP contribution in [0.15, 0.2) is 12.1 Å². The Balaban J connectivity index is 3.32. The summed E-state index contributed by atoms with van der Waals surface area (Å²) in [5.41, 5.74) is -2.29. The van der Waals surface area contributed by atoms with Gasteiger partial charge in [0.2, 0.25) is 5.82 Å². The molecule has 0 bridgehead atoms. The monoisotopic (exact) mass is 245 g/mol. The molecule has 0 atom stereocenters. The maximum absolute atomic E-state index is 13.4. The average Bonchev–Trinajstić information content (AvgIpc) is 2.15. The highest BCUT2D eigenvalue weighted by Crippen LogP contribution is 2.24. The third-order valence-electron chi connectivity index (χ3n) is 1.86. The average molecular weight is 245 g/mol. The van der Waals surface area contributed by atoms with Crippen molar-refractivity contribution < 1.29 is 28.4 Å². The molecule has 0 aliphatic carbocycles. The Kier molecular flexibility index (Phi) is 3.46. The summed E-state index contributed by atoms with van der Waals surface area (Å²) in [6.45, 7) is 0. The first-order valence-electron chi connectivity index (χ1n) is 4.22. The fraction of sp³-hybridized carbons (Fsp3) is 0.111. The molecule has 0 unspecified atom stereocenters. The van der Waals surface area contributed by atoms with Crippen molar-refractivity contribution in [3.8, 4) is 0 Å². The zero-order valence-electron chi connectivity index (χ0n) is 8.15. The van der Waals surface area contributed by atoms with Gasteiger partial charge in [0.05, 0.1) is 10.5 Å². The van der Waals surface area contributed by atoms with E-state index in [1.54, 1.807) is 0 Å². The lowest BCUT2D eigenvalue weighted by Gasteiger charge is -2.02. The number of halogens is 2. The van der Waals surface area contributed by atoms with Gasteiger partial charge in [-0.3, -0.25) is 19.7 Å². The lowest BCUT2D eigenvalue weighted by molar-refractivity contribution is -0.387. The molecular weight excluding hydrogens is 240 g/mol. The topological polar surface area (TPSA) is 97.5 Å². The van der Waals surface area contributed by atoms with Crippen LogP contribution in [0.2, 0.25) is 0 Å². The predicted octanol–water partition coefficient (Wildman–Crippen LogP) is 1.53. The van der Waals surface area contributed by atoms with Gasteiger partial charge in [0.1, 0.15) is 12.2 Å². The maximum Gasteiger partial charge on any atom is 0.311 e. The van der Waals surface area contributed by atoms with E-state index in [1.165, 1.54) is 0 Å². The second kappa shape index (κ2) is 4.64. The number of hydrogen-bond acceptors (Lipinski definition) is 4. The first kappa shape index (κ1) is 12.7. The van der Waals surface area contributed by atoms with Gasteiger partial charge in [-0.1, -0.05) is 0 Å². The lowest BCUT2D eigenvalue weighted by atomic mass is 10.1. The summed E-state index contributed by atoms with van der Waals surface area (Å²) in [6.07, 6.45) is -1.14. The molecular formula is C9H5F2NO5. The number of Topliss-reactive ketones (excluding diaryl/α,β-unsaturated/α-hetero) is 1. The molecule has 0 aliphatic rings. The molecule has 1 aromatic carbocycles. The van der Waals surface area contributed by atoms with Crippen LogP contribution in [0.5, 0.6) is 0 Å². The molecule has 17 heavy (non-hydrogen) atoms. The van der Waals surface area contributed by atoms with Crippen molar-refractivity contribution in [2.45, 2.75) is 6.42 Å². The Morgan fingerprint density at radius 1 is 1.35 bits per heavy atom. The molecule has 1 rings (SSSR count). The third-order valence-corrected chi connectivity index (χ3v) is 1.86. The quantitative estimate of drug-likeness (QED) is 0.375. The summed E-state index contributed by atoms with van der Waals surface area (Å²) in [4.78, 5) is 30.6. The van der Waals surface area contributed by atoms with Crippen molar-refractivity contribution in [3.63, 3.8) is 0 Å². The Bertz CT molecular complexity index is 514. The molecule has 0 amide bonds. The van der Waals surface area contributed by atoms with E-state index in [4.69, 9.17) is 5.11 Å². The predicted molar refractivity (Wildman–Crippen MR) is 49.6 cm³/mol. The highest BCUT2D eigenvalue weighted by Gasteiger charge is 2.26. The molecule has 0 saturated heterocycles. The number of hydrogen-bond donors (Lipinski definition) is 1. The van der Waals surface area contributed by atoms with Gasteiger partial charge in [0.15, 0.2) is 5.78 Å². The number of carbonyl (C=O) groups is 2. The van der Waals surface area contributed by atoms with Gasteiger partial charge >= 0.3 is 11.7 Å². The number of carbonyl (C=O) groups excluding carboxylic acids is 1. The molecule has 1 N–H and O–H groups in total. The van der Waals surface area contributed by atoms with Crippen LogP contribution in [0.4, 0.5) is 14.5 Å². The summed E-state index contributed by atoms with van der Waals surface area (Å²) < 4.78 is 26.5. The zero-order valence-corrected chi connectivity index (χ0v) is 8.15. The van der Waals surface area contributed by atoms with Gasteiger partial charge in [-0.05, 0) is 6.07 Å². The summed E-state index contributed by atoms with van der Waals surface area (Å²) in [7, 11) is 0. The van der Waals surface area contributed by atoms with Crippen LogP contribution in [0.25, 0.3) is 0 Å². The molecule has 0 radical (unpaired) electrons. The largest absolute Gasteiger partial charge is 0.481 e. The first-order chi connectivity index (χ1) is 7.84. The van der Waals surface area contributed by atoms with E-state index in [9.17, 15) is 28.5 Å². The second-order valence-corrected chi connectivity index (χ2v) is 3.01. The molecule has 0 aliphatic heterocycles. The van der Waals surface area contributed by atoms with Crippen LogP contribution in [0, 0.1) is 21.7 Å². The van der Waals surface area contributed by atoms with Crippen molar-refractivity contribution in [1.82, 2.24) is 0 Å². The highest BCUT2D eigenvalue weighted by molar-refractivity contribution is 6.06. The molecule has 0 fully saturated rings. The van der Waals surface area contributed by atoms with Crippen molar-refractivity contribution in [2.24, 2.45) is 0 Å². The Labute approximate surface area is 92.6 Å². The number of carboxylic acids is 1. The molecule has 6 nitrogen and oxygen atoms in total. The number of rotatable bonds is 4. The standard InChI is InChI=1S/C9H5F2NO5/c10-4-1-2-5(12(16)17)9(11)8(4)6(13)3-7(14)15/h1-2H,3H2,(H,14,15). The lowest BCUT2D eigenvalue weighted by Crippen LogP contribution is -2.12. The van der Waals surface area contributed by atoms with Gasteiger partial charge in [0, 0.05) is 6.07 Å². The van der Waals surface area contributed by atoms with E-state index in [0.717, 1.165) is 0 Å². The van der Waals surface area contributed by atoms with Crippen LogP contribution < -0.4 is 0 Å². The Morgan fingerprint density at radius 3 is 2.41 bits per heavy atom. The fourth-order valence-electron chi connectivity index (χ4n) is 1.16. The van der Waals surface area contributed by atoms with Gasteiger partial charge in [0.25, 0.3) is 0 Å². The van der Waals surface area contributed by atoms with Crippen molar-refractivity contribution in [3.05, 3.63) is 39.4 Å². The number of aliphatic carboxylic acids is 1. The van der Waals surface area contributed by atoms with Crippen molar-refractivity contribution in [2.75, 3.05) is 0 Å². The number of benzene rings is 1. The minimum atomic E-state index is -1.67. The molecule has 8 heteroatoms. The molecule has 0 heterocycles.